The van der Waals surface area contributed by atoms with Crippen molar-refractivity contribution in [2.24, 2.45) is 0 Å². The van der Waals surface area contributed by atoms with E-state index in [4.69, 9.17) is 23.7 Å². The molecular formula is C20H39NO6S2. The van der Waals surface area contributed by atoms with Gasteiger partial charge in [-0.3, -0.25) is 4.79 Å². The number of thiol groups is 2. The third-order valence-corrected chi connectivity index (χ3v) is 5.27. The first-order valence-electron chi connectivity index (χ1n) is 10.7. The average molecular weight is 454 g/mol. The molecule has 1 atom stereocenters. The number of hydrogen-bond acceptors (Lipinski definition) is 8. The van der Waals surface area contributed by atoms with Crippen molar-refractivity contribution in [3.8, 4) is 0 Å². The molecule has 7 nitrogen and oxygen atoms in total. The quantitative estimate of drug-likeness (QED) is 0.455. The number of carbonyl (C=O) groups excluding carboxylic acids is 1. The highest BCUT2D eigenvalue weighted by Gasteiger charge is 2.13. The Morgan fingerprint density at radius 2 is 1.17 bits per heavy atom. The maximum atomic E-state index is 12.6. The van der Waals surface area contributed by atoms with Crippen LogP contribution in [0.3, 0.4) is 0 Å². The first kappa shape index (κ1) is 27.0. The predicted octanol–water partition coefficient (Wildman–Crippen LogP) is 2.09. The first-order valence-corrected chi connectivity index (χ1v) is 11.8. The van der Waals surface area contributed by atoms with Gasteiger partial charge in [0, 0.05) is 24.8 Å². The van der Waals surface area contributed by atoms with Crippen LogP contribution < -0.4 is 0 Å². The van der Waals surface area contributed by atoms with Crippen LogP contribution >= 0.6 is 25.3 Å². The topological polar surface area (TPSA) is 66.5 Å². The van der Waals surface area contributed by atoms with E-state index in [1.807, 2.05) is 4.90 Å². The van der Waals surface area contributed by atoms with Crippen molar-refractivity contribution in [3.63, 3.8) is 0 Å². The minimum absolute atomic E-state index is 0.154. The molecule has 0 saturated carbocycles. The minimum atomic E-state index is 0.154. The van der Waals surface area contributed by atoms with Crippen LogP contribution in [0.15, 0.2) is 0 Å². The van der Waals surface area contributed by atoms with Crippen LogP contribution in [-0.4, -0.2) is 101 Å². The van der Waals surface area contributed by atoms with E-state index < -0.39 is 0 Å². The third kappa shape index (κ3) is 16.3. The normalized spacial score (nSPS) is 20.6. The number of nitrogens with zero attached hydrogens (tertiary/aromatic N) is 1. The largest absolute Gasteiger partial charge is 0.377 e. The molecule has 0 spiro atoms. The number of ether oxygens (including phenoxy) is 5. The van der Waals surface area contributed by atoms with Crippen LogP contribution in [0, 0.1) is 0 Å². The molecule has 29 heavy (non-hydrogen) atoms. The highest BCUT2D eigenvalue weighted by molar-refractivity contribution is 7.81. The van der Waals surface area contributed by atoms with Crippen molar-refractivity contribution >= 4 is 31.2 Å². The summed E-state index contributed by atoms with van der Waals surface area (Å²) in [7, 11) is 0. The molecule has 0 bridgehead atoms. The number of carbonyl (C=O) groups is 1. The minimum Gasteiger partial charge on any atom is -0.377 e. The second-order valence-electron chi connectivity index (χ2n) is 6.85. The van der Waals surface area contributed by atoms with E-state index in [0.717, 1.165) is 31.4 Å². The molecule has 1 rings (SSSR count). The van der Waals surface area contributed by atoms with E-state index in [-0.39, 0.29) is 5.91 Å². The fraction of sp³-hybridized carbons (Fsp3) is 0.950. The van der Waals surface area contributed by atoms with Gasteiger partial charge >= 0.3 is 0 Å². The van der Waals surface area contributed by atoms with E-state index in [9.17, 15) is 4.79 Å². The SMILES string of the molecule is O=C(CCCCC(S)CCS)N1CCOCCOCCOCCOCCOCC1. The van der Waals surface area contributed by atoms with Gasteiger partial charge < -0.3 is 28.6 Å². The van der Waals surface area contributed by atoms with E-state index in [1.165, 1.54) is 0 Å². The summed E-state index contributed by atoms with van der Waals surface area (Å²) < 4.78 is 27.5. The maximum absolute atomic E-state index is 12.6. The lowest BCUT2D eigenvalue weighted by Crippen LogP contribution is -2.37. The number of amides is 1. The predicted molar refractivity (Wildman–Crippen MR) is 120 cm³/mol. The molecule has 1 saturated heterocycles. The molecule has 1 heterocycles. The van der Waals surface area contributed by atoms with Crippen LogP contribution in [0.5, 0.6) is 0 Å². The molecule has 0 aromatic heterocycles. The van der Waals surface area contributed by atoms with E-state index in [1.54, 1.807) is 0 Å². The van der Waals surface area contributed by atoms with Gasteiger partial charge in [-0.15, -0.1) is 0 Å². The molecule has 0 aromatic carbocycles. The van der Waals surface area contributed by atoms with Crippen LogP contribution in [0.25, 0.3) is 0 Å². The first-order chi connectivity index (χ1) is 14.2. The monoisotopic (exact) mass is 453 g/mol. The summed E-state index contributed by atoms with van der Waals surface area (Å²) in [5, 5.41) is 0.372. The Labute approximate surface area is 186 Å². The highest BCUT2D eigenvalue weighted by Crippen LogP contribution is 2.13. The Hall–Kier alpha value is -0.0300. The zero-order chi connectivity index (χ0) is 21.0. The van der Waals surface area contributed by atoms with Gasteiger partial charge in [-0.25, -0.2) is 0 Å². The van der Waals surface area contributed by atoms with Crippen molar-refractivity contribution in [1.82, 2.24) is 4.90 Å². The fourth-order valence-corrected chi connectivity index (χ4v) is 3.63. The van der Waals surface area contributed by atoms with Crippen LogP contribution in [0.2, 0.25) is 0 Å². The second kappa shape index (κ2) is 19.9. The maximum Gasteiger partial charge on any atom is 0.222 e. The Balaban J connectivity index is 2.31. The van der Waals surface area contributed by atoms with Crippen molar-refractivity contribution in [2.45, 2.75) is 37.4 Å². The van der Waals surface area contributed by atoms with Crippen molar-refractivity contribution < 1.29 is 28.5 Å². The van der Waals surface area contributed by atoms with Gasteiger partial charge in [-0.05, 0) is 25.0 Å². The Kier molecular flexibility index (Phi) is 18.5. The standard InChI is InChI=1S/C20H39NO6S2/c22-20(4-2-1-3-19(29)5-18-28)21-6-8-23-10-12-25-14-16-27-17-15-26-13-11-24-9-7-21/h19,28-29H,1-18H2. The van der Waals surface area contributed by atoms with Gasteiger partial charge in [0.25, 0.3) is 0 Å². The summed E-state index contributed by atoms with van der Waals surface area (Å²) >= 11 is 8.78. The molecule has 1 unspecified atom stereocenters. The lowest BCUT2D eigenvalue weighted by Gasteiger charge is -2.23. The van der Waals surface area contributed by atoms with Gasteiger partial charge in [-0.1, -0.05) is 6.42 Å². The van der Waals surface area contributed by atoms with Gasteiger partial charge in [0.2, 0.25) is 5.91 Å². The number of rotatable bonds is 7. The summed E-state index contributed by atoms with van der Waals surface area (Å²) in [6, 6.07) is 0. The lowest BCUT2D eigenvalue weighted by atomic mass is 10.1. The molecule has 1 aliphatic heterocycles. The van der Waals surface area contributed by atoms with E-state index >= 15 is 0 Å². The molecule has 172 valence electrons. The van der Waals surface area contributed by atoms with Gasteiger partial charge in [0.15, 0.2) is 0 Å². The molecule has 0 N–H and O–H groups in total. The smallest absolute Gasteiger partial charge is 0.222 e. The summed E-state index contributed by atoms with van der Waals surface area (Å²) in [6.07, 6.45) is 4.46. The average Bonchev–Trinajstić information content (AvgIpc) is 2.71. The molecular weight excluding hydrogens is 414 g/mol. The zero-order valence-corrected chi connectivity index (χ0v) is 19.4. The number of hydrogen-bond donors (Lipinski definition) is 2. The second-order valence-corrected chi connectivity index (χ2v) is 8.03. The van der Waals surface area contributed by atoms with Gasteiger partial charge in [0.1, 0.15) is 0 Å². The number of unbranched alkanes of at least 4 members (excludes halogenated alkanes) is 1. The van der Waals surface area contributed by atoms with Crippen LogP contribution in [0.4, 0.5) is 0 Å². The third-order valence-electron chi connectivity index (χ3n) is 4.49. The summed E-state index contributed by atoms with van der Waals surface area (Å²) in [5.74, 6) is 1.01. The van der Waals surface area contributed by atoms with Crippen molar-refractivity contribution in [2.75, 3.05) is 84.9 Å². The molecule has 9 heteroatoms. The Morgan fingerprint density at radius 1 is 0.724 bits per heavy atom. The molecule has 1 amide bonds. The van der Waals surface area contributed by atoms with Crippen molar-refractivity contribution in [3.05, 3.63) is 0 Å². The molecule has 0 aliphatic carbocycles. The molecule has 1 aliphatic rings. The van der Waals surface area contributed by atoms with Gasteiger partial charge in [0.05, 0.1) is 66.1 Å². The zero-order valence-electron chi connectivity index (χ0n) is 17.6. The Morgan fingerprint density at radius 3 is 1.62 bits per heavy atom. The van der Waals surface area contributed by atoms with Gasteiger partial charge in [-0.2, -0.15) is 25.3 Å². The summed E-state index contributed by atoms with van der Waals surface area (Å²) in [4.78, 5) is 14.5. The van der Waals surface area contributed by atoms with Crippen LogP contribution in [0.1, 0.15) is 32.1 Å². The summed E-state index contributed by atoms with van der Waals surface area (Å²) in [5.41, 5.74) is 0. The molecule has 1 fully saturated rings. The summed E-state index contributed by atoms with van der Waals surface area (Å²) in [6.45, 7) is 6.36. The van der Waals surface area contributed by atoms with Crippen LogP contribution in [-0.2, 0) is 28.5 Å². The van der Waals surface area contributed by atoms with E-state index in [0.29, 0.717) is 90.8 Å². The highest BCUT2D eigenvalue weighted by atomic mass is 32.1. The molecule has 0 radical (unpaired) electrons. The fourth-order valence-electron chi connectivity index (χ4n) is 2.80. The van der Waals surface area contributed by atoms with Crippen molar-refractivity contribution in [1.29, 1.82) is 0 Å². The lowest BCUT2D eigenvalue weighted by molar-refractivity contribution is -0.133. The Bertz CT molecular complexity index is 374. The molecule has 0 aromatic rings. The van der Waals surface area contributed by atoms with E-state index in [2.05, 4.69) is 25.3 Å².